The Morgan fingerprint density at radius 2 is 1.62 bits per heavy atom. The van der Waals surface area contributed by atoms with Crippen LogP contribution >= 0.6 is 0 Å². The van der Waals surface area contributed by atoms with Crippen LogP contribution < -0.4 is 10.0 Å². The molecule has 3 aliphatic rings. The molecule has 2 saturated carbocycles. The molecule has 188 valence electrons. The molecular formula is C24H33F2N3O4S. The van der Waals surface area contributed by atoms with Gasteiger partial charge in [-0.3, -0.25) is 9.59 Å². The number of benzene rings is 1. The molecule has 0 spiro atoms. The Morgan fingerprint density at radius 3 is 2.29 bits per heavy atom. The summed E-state index contributed by atoms with van der Waals surface area (Å²) >= 11 is 0. The topological polar surface area (TPSA) is 95.6 Å². The Morgan fingerprint density at radius 1 is 0.941 bits per heavy atom. The molecule has 0 unspecified atom stereocenters. The number of halogens is 2. The van der Waals surface area contributed by atoms with Gasteiger partial charge in [0.2, 0.25) is 21.8 Å². The normalized spacial score (nSPS) is 23.2. The van der Waals surface area contributed by atoms with Gasteiger partial charge in [0.25, 0.3) is 0 Å². The van der Waals surface area contributed by atoms with Crippen molar-refractivity contribution in [3.05, 3.63) is 29.8 Å². The number of likely N-dealkylation sites (tertiary alicyclic amines) is 1. The van der Waals surface area contributed by atoms with Crippen molar-refractivity contribution in [2.75, 3.05) is 6.54 Å². The molecule has 1 aromatic carbocycles. The first-order valence-electron chi connectivity index (χ1n) is 12.3. The molecule has 1 aromatic rings. The van der Waals surface area contributed by atoms with Crippen molar-refractivity contribution in [3.8, 4) is 0 Å². The zero-order chi connectivity index (χ0) is 24.3. The van der Waals surface area contributed by atoms with E-state index in [9.17, 15) is 26.8 Å². The Labute approximate surface area is 199 Å². The number of sulfonamides is 1. The minimum absolute atomic E-state index is 0.124. The quantitative estimate of drug-likeness (QED) is 0.605. The van der Waals surface area contributed by atoms with Crippen molar-refractivity contribution < 1.29 is 26.8 Å². The number of nitrogens with one attached hydrogen (secondary N) is 2. The number of carbonyl (C=O) groups excluding carboxylic acids is 2. The van der Waals surface area contributed by atoms with E-state index in [0.29, 0.717) is 38.3 Å². The molecule has 0 aromatic heterocycles. The third-order valence-electron chi connectivity index (χ3n) is 7.39. The molecule has 2 aliphatic carbocycles. The molecule has 2 atom stereocenters. The summed E-state index contributed by atoms with van der Waals surface area (Å²) in [6.45, 7) is 0.372. The van der Waals surface area contributed by atoms with Crippen molar-refractivity contribution in [2.24, 2.45) is 5.92 Å². The second-order valence-corrected chi connectivity index (χ2v) is 11.4. The molecule has 2 amide bonds. The molecule has 10 heteroatoms. The summed E-state index contributed by atoms with van der Waals surface area (Å²) < 4.78 is 56.2. The fourth-order valence-corrected chi connectivity index (χ4v) is 6.91. The highest BCUT2D eigenvalue weighted by atomic mass is 32.2. The molecular weight excluding hydrogens is 464 g/mol. The van der Waals surface area contributed by atoms with Crippen molar-refractivity contribution >= 4 is 21.8 Å². The summed E-state index contributed by atoms with van der Waals surface area (Å²) in [5.41, 5.74) is 0. The maximum absolute atomic E-state index is 14.3. The van der Waals surface area contributed by atoms with Gasteiger partial charge in [-0.15, -0.1) is 0 Å². The monoisotopic (exact) mass is 497 g/mol. The van der Waals surface area contributed by atoms with E-state index in [1.165, 1.54) is 4.90 Å². The molecule has 7 nitrogen and oxygen atoms in total. The molecule has 1 saturated heterocycles. The lowest BCUT2D eigenvalue weighted by Crippen LogP contribution is -2.56. The number of rotatable bonds is 7. The van der Waals surface area contributed by atoms with Crippen LogP contribution in [0.2, 0.25) is 0 Å². The van der Waals surface area contributed by atoms with E-state index in [1.54, 1.807) is 0 Å². The van der Waals surface area contributed by atoms with Crippen LogP contribution in [0.5, 0.6) is 0 Å². The van der Waals surface area contributed by atoms with Crippen LogP contribution in [0.25, 0.3) is 0 Å². The fourth-order valence-electron chi connectivity index (χ4n) is 5.59. The number of nitrogens with zero attached hydrogens (tertiary/aromatic N) is 1. The molecule has 3 fully saturated rings. The van der Waals surface area contributed by atoms with Gasteiger partial charge in [-0.2, -0.15) is 4.72 Å². The van der Waals surface area contributed by atoms with E-state index in [2.05, 4.69) is 10.0 Å². The number of hydrogen-bond donors (Lipinski definition) is 2. The van der Waals surface area contributed by atoms with Gasteiger partial charge >= 0.3 is 0 Å². The molecule has 1 heterocycles. The van der Waals surface area contributed by atoms with Crippen molar-refractivity contribution in [3.63, 3.8) is 0 Å². The first-order valence-corrected chi connectivity index (χ1v) is 13.8. The number of carbonyl (C=O) groups is 2. The predicted molar refractivity (Wildman–Crippen MR) is 122 cm³/mol. The van der Waals surface area contributed by atoms with Crippen LogP contribution in [-0.4, -0.2) is 49.8 Å². The third-order valence-corrected chi connectivity index (χ3v) is 8.87. The summed E-state index contributed by atoms with van der Waals surface area (Å²) in [5, 5.41) is 3.05. The van der Waals surface area contributed by atoms with Crippen LogP contribution in [0.4, 0.5) is 8.78 Å². The molecule has 0 radical (unpaired) electrons. The first-order chi connectivity index (χ1) is 16.3. The van der Waals surface area contributed by atoms with E-state index in [1.807, 2.05) is 0 Å². The molecule has 0 bridgehead atoms. The van der Waals surface area contributed by atoms with Gasteiger partial charge in [-0.05, 0) is 56.6 Å². The molecule has 34 heavy (non-hydrogen) atoms. The maximum Gasteiger partial charge on any atom is 0.244 e. The van der Waals surface area contributed by atoms with Crippen molar-refractivity contribution in [1.82, 2.24) is 14.9 Å². The predicted octanol–water partition coefficient (Wildman–Crippen LogP) is 3.24. The van der Waals surface area contributed by atoms with Gasteiger partial charge < -0.3 is 10.2 Å². The van der Waals surface area contributed by atoms with E-state index in [-0.39, 0.29) is 17.9 Å². The van der Waals surface area contributed by atoms with E-state index < -0.39 is 44.5 Å². The Hall–Kier alpha value is -2.07. The standard InChI is InChI=1S/C24H33F2N3O4S/c25-17-12-13-21(19(26)15-17)34(32,33)28-22(16-7-2-1-3-8-16)24(31)29-14-6-11-20(29)23(30)27-18-9-4-5-10-18/h12-13,15-16,18,20,22,28H,1-11,14H2,(H,27,30)/t20-,22-/m0/s1. The van der Waals surface area contributed by atoms with E-state index >= 15 is 0 Å². The summed E-state index contributed by atoms with van der Waals surface area (Å²) in [7, 11) is -4.43. The Kier molecular flexibility index (Phi) is 7.87. The van der Waals surface area contributed by atoms with E-state index in [4.69, 9.17) is 0 Å². The molecule has 4 rings (SSSR count). The lowest BCUT2D eigenvalue weighted by Gasteiger charge is -2.34. The molecule has 2 N–H and O–H groups in total. The Bertz CT molecular complexity index is 1010. The summed E-state index contributed by atoms with van der Waals surface area (Å²) in [5.74, 6) is -2.98. The van der Waals surface area contributed by atoms with Crippen LogP contribution in [-0.2, 0) is 19.6 Å². The zero-order valence-electron chi connectivity index (χ0n) is 19.3. The van der Waals surface area contributed by atoms with Crippen LogP contribution in [0.1, 0.15) is 70.6 Å². The average Bonchev–Trinajstić information content (AvgIpc) is 3.49. The second-order valence-electron chi connectivity index (χ2n) is 9.75. The highest BCUT2D eigenvalue weighted by molar-refractivity contribution is 7.89. The third kappa shape index (κ3) is 5.59. The maximum atomic E-state index is 14.3. The lowest BCUT2D eigenvalue weighted by atomic mass is 9.83. The highest BCUT2D eigenvalue weighted by Gasteiger charge is 2.42. The highest BCUT2D eigenvalue weighted by Crippen LogP contribution is 2.31. The van der Waals surface area contributed by atoms with Crippen LogP contribution in [0, 0.1) is 17.6 Å². The summed E-state index contributed by atoms with van der Waals surface area (Å²) in [6, 6.07) is 0.637. The van der Waals surface area contributed by atoms with Crippen molar-refractivity contribution in [2.45, 2.75) is 93.7 Å². The SMILES string of the molecule is O=C(NC1CCCC1)[C@@H]1CCCN1C(=O)[C@@H](NS(=O)(=O)c1ccc(F)cc1F)C1CCCCC1. The van der Waals surface area contributed by atoms with Crippen LogP contribution in [0.3, 0.4) is 0 Å². The van der Waals surface area contributed by atoms with Gasteiger partial charge in [0.05, 0.1) is 0 Å². The minimum atomic E-state index is -4.43. The zero-order valence-corrected chi connectivity index (χ0v) is 20.1. The second kappa shape index (κ2) is 10.7. The summed E-state index contributed by atoms with van der Waals surface area (Å²) in [4.78, 5) is 27.5. The number of amides is 2. The van der Waals surface area contributed by atoms with E-state index in [0.717, 1.165) is 57.1 Å². The van der Waals surface area contributed by atoms with Gasteiger partial charge in [0.1, 0.15) is 28.6 Å². The lowest BCUT2D eigenvalue weighted by molar-refractivity contribution is -0.141. The largest absolute Gasteiger partial charge is 0.352 e. The van der Waals surface area contributed by atoms with Gasteiger partial charge in [0, 0.05) is 18.7 Å². The molecule has 1 aliphatic heterocycles. The van der Waals surface area contributed by atoms with Crippen LogP contribution in [0.15, 0.2) is 23.1 Å². The summed E-state index contributed by atoms with van der Waals surface area (Å²) in [6.07, 6.45) is 9.27. The van der Waals surface area contributed by atoms with Gasteiger partial charge in [-0.1, -0.05) is 32.1 Å². The van der Waals surface area contributed by atoms with Crippen molar-refractivity contribution in [1.29, 1.82) is 0 Å². The number of hydrogen-bond acceptors (Lipinski definition) is 4. The Balaban J connectivity index is 1.56. The van der Waals surface area contributed by atoms with Gasteiger partial charge in [0.15, 0.2) is 0 Å². The average molecular weight is 498 g/mol. The van der Waals surface area contributed by atoms with Gasteiger partial charge in [-0.25, -0.2) is 17.2 Å². The first kappa shape index (κ1) is 25.0. The smallest absolute Gasteiger partial charge is 0.244 e. The minimum Gasteiger partial charge on any atom is -0.352 e. The fraction of sp³-hybridized carbons (Fsp3) is 0.667.